The maximum absolute atomic E-state index is 6.21. The minimum absolute atomic E-state index is 0.0594. The third-order valence-corrected chi connectivity index (χ3v) is 3.27. The van der Waals surface area contributed by atoms with E-state index in [1.807, 2.05) is 19.1 Å². The predicted molar refractivity (Wildman–Crippen MR) is 67.3 cm³/mol. The highest BCUT2D eigenvalue weighted by atomic mass is 16.6. The van der Waals surface area contributed by atoms with Crippen molar-refractivity contribution in [1.82, 2.24) is 0 Å². The molecule has 4 N–H and O–H groups in total. The van der Waals surface area contributed by atoms with Crippen molar-refractivity contribution in [2.75, 3.05) is 19.8 Å². The molecule has 1 aromatic carbocycles. The van der Waals surface area contributed by atoms with E-state index in [2.05, 4.69) is 6.92 Å². The minimum atomic E-state index is -0.0594. The maximum Gasteiger partial charge on any atom is 0.161 e. The van der Waals surface area contributed by atoms with Gasteiger partial charge in [-0.2, -0.15) is 0 Å². The van der Waals surface area contributed by atoms with Gasteiger partial charge in [0, 0.05) is 6.04 Å². The standard InChI is InChI=1S/C13H20N2O2/c1-8-5-11-12(17-4-3-16-11)6-10(8)13(15)9(2)7-14/h5-6,9,13H,3-4,7,14-15H2,1-2H3. The van der Waals surface area contributed by atoms with Gasteiger partial charge in [-0.3, -0.25) is 0 Å². The fraction of sp³-hybridized carbons (Fsp3) is 0.538. The molecule has 17 heavy (non-hydrogen) atoms. The highest BCUT2D eigenvalue weighted by Gasteiger charge is 2.20. The van der Waals surface area contributed by atoms with Crippen LogP contribution in [0.3, 0.4) is 0 Å². The molecule has 0 saturated heterocycles. The van der Waals surface area contributed by atoms with Crippen molar-refractivity contribution < 1.29 is 9.47 Å². The summed E-state index contributed by atoms with van der Waals surface area (Å²) in [6.45, 7) is 5.88. The molecule has 0 radical (unpaired) electrons. The number of ether oxygens (including phenoxy) is 2. The average Bonchev–Trinajstić information content (AvgIpc) is 2.36. The van der Waals surface area contributed by atoms with Crippen LogP contribution in [0.4, 0.5) is 0 Å². The molecule has 94 valence electrons. The van der Waals surface area contributed by atoms with Gasteiger partial charge in [-0.15, -0.1) is 0 Å². The molecule has 1 aromatic rings. The minimum Gasteiger partial charge on any atom is -0.486 e. The fourth-order valence-corrected chi connectivity index (χ4v) is 2.02. The molecule has 0 spiro atoms. The lowest BCUT2D eigenvalue weighted by atomic mass is 9.92. The molecule has 0 bridgehead atoms. The van der Waals surface area contributed by atoms with Gasteiger partial charge in [0.05, 0.1) is 0 Å². The molecule has 0 aromatic heterocycles. The summed E-state index contributed by atoms with van der Waals surface area (Å²) in [4.78, 5) is 0. The van der Waals surface area contributed by atoms with Gasteiger partial charge in [0.1, 0.15) is 13.2 Å². The number of fused-ring (bicyclic) bond motifs is 1. The van der Waals surface area contributed by atoms with Crippen LogP contribution < -0.4 is 20.9 Å². The summed E-state index contributed by atoms with van der Waals surface area (Å²) in [5.74, 6) is 1.85. The second-order valence-electron chi connectivity index (χ2n) is 4.59. The van der Waals surface area contributed by atoms with Crippen molar-refractivity contribution in [2.45, 2.75) is 19.9 Å². The van der Waals surface area contributed by atoms with E-state index in [1.165, 1.54) is 0 Å². The van der Waals surface area contributed by atoms with Gasteiger partial charge >= 0.3 is 0 Å². The van der Waals surface area contributed by atoms with Gasteiger partial charge in [0.2, 0.25) is 0 Å². The number of hydrogen-bond donors (Lipinski definition) is 2. The Balaban J connectivity index is 2.34. The zero-order valence-corrected chi connectivity index (χ0v) is 10.4. The van der Waals surface area contributed by atoms with E-state index < -0.39 is 0 Å². The van der Waals surface area contributed by atoms with Gasteiger partial charge in [0.15, 0.2) is 11.5 Å². The second kappa shape index (κ2) is 4.94. The molecule has 4 heteroatoms. The van der Waals surface area contributed by atoms with Gasteiger partial charge in [0.25, 0.3) is 0 Å². The largest absolute Gasteiger partial charge is 0.486 e. The number of aryl methyl sites for hydroxylation is 1. The zero-order valence-electron chi connectivity index (χ0n) is 10.4. The highest BCUT2D eigenvalue weighted by Crippen LogP contribution is 2.35. The number of rotatable bonds is 3. The van der Waals surface area contributed by atoms with Crippen molar-refractivity contribution in [2.24, 2.45) is 17.4 Å². The number of benzene rings is 1. The molecule has 2 atom stereocenters. The van der Waals surface area contributed by atoms with E-state index in [4.69, 9.17) is 20.9 Å². The Labute approximate surface area is 102 Å². The molecule has 0 aliphatic carbocycles. The molecule has 0 fully saturated rings. The topological polar surface area (TPSA) is 70.5 Å². The molecule has 0 saturated carbocycles. The van der Waals surface area contributed by atoms with E-state index in [0.717, 1.165) is 22.6 Å². The van der Waals surface area contributed by atoms with E-state index in [-0.39, 0.29) is 12.0 Å². The van der Waals surface area contributed by atoms with Crippen molar-refractivity contribution in [3.63, 3.8) is 0 Å². The van der Waals surface area contributed by atoms with Crippen LogP contribution in [0.25, 0.3) is 0 Å². The fourth-order valence-electron chi connectivity index (χ4n) is 2.02. The van der Waals surface area contributed by atoms with Crippen LogP contribution in [-0.4, -0.2) is 19.8 Å². The normalized spacial score (nSPS) is 17.6. The zero-order chi connectivity index (χ0) is 12.4. The summed E-state index contributed by atoms with van der Waals surface area (Å²) in [7, 11) is 0. The first-order valence-corrected chi connectivity index (χ1v) is 5.99. The van der Waals surface area contributed by atoms with Crippen LogP contribution >= 0.6 is 0 Å². The van der Waals surface area contributed by atoms with E-state index in [1.54, 1.807) is 0 Å². The van der Waals surface area contributed by atoms with E-state index in [0.29, 0.717) is 19.8 Å². The average molecular weight is 236 g/mol. The third-order valence-electron chi connectivity index (χ3n) is 3.27. The monoisotopic (exact) mass is 236 g/mol. The van der Waals surface area contributed by atoms with Crippen molar-refractivity contribution in [3.8, 4) is 11.5 Å². The van der Waals surface area contributed by atoms with Gasteiger partial charge < -0.3 is 20.9 Å². The smallest absolute Gasteiger partial charge is 0.161 e. The Morgan fingerprint density at radius 3 is 2.41 bits per heavy atom. The molecule has 0 amide bonds. The van der Waals surface area contributed by atoms with Crippen molar-refractivity contribution in [3.05, 3.63) is 23.3 Å². The summed E-state index contributed by atoms with van der Waals surface area (Å²) < 4.78 is 11.1. The van der Waals surface area contributed by atoms with Crippen LogP contribution in [0, 0.1) is 12.8 Å². The van der Waals surface area contributed by atoms with Crippen LogP contribution in [0.5, 0.6) is 11.5 Å². The molecule has 1 aliphatic heterocycles. The number of hydrogen-bond acceptors (Lipinski definition) is 4. The van der Waals surface area contributed by atoms with Crippen LogP contribution in [-0.2, 0) is 0 Å². The quantitative estimate of drug-likeness (QED) is 0.831. The number of nitrogens with two attached hydrogens (primary N) is 2. The summed E-state index contributed by atoms with van der Waals surface area (Å²) in [6.07, 6.45) is 0. The first kappa shape index (κ1) is 12.2. The Morgan fingerprint density at radius 2 is 1.82 bits per heavy atom. The Bertz CT molecular complexity index is 407. The molecule has 2 rings (SSSR count). The third kappa shape index (κ3) is 2.37. The summed E-state index contributed by atoms with van der Waals surface area (Å²) in [5, 5.41) is 0. The highest BCUT2D eigenvalue weighted by molar-refractivity contribution is 5.48. The van der Waals surface area contributed by atoms with Gasteiger partial charge in [-0.1, -0.05) is 6.92 Å². The van der Waals surface area contributed by atoms with Crippen molar-refractivity contribution >= 4 is 0 Å². The summed E-state index contributed by atoms with van der Waals surface area (Å²) in [6, 6.07) is 3.92. The lowest BCUT2D eigenvalue weighted by Gasteiger charge is -2.24. The maximum atomic E-state index is 6.21. The van der Waals surface area contributed by atoms with Gasteiger partial charge in [-0.05, 0) is 42.6 Å². The molecule has 2 unspecified atom stereocenters. The SMILES string of the molecule is Cc1cc2c(cc1C(N)C(C)CN)OCCO2. The van der Waals surface area contributed by atoms with E-state index in [9.17, 15) is 0 Å². The Morgan fingerprint density at radius 1 is 1.24 bits per heavy atom. The van der Waals surface area contributed by atoms with E-state index >= 15 is 0 Å². The summed E-state index contributed by atoms with van der Waals surface area (Å²) >= 11 is 0. The molecule has 4 nitrogen and oxygen atoms in total. The Kier molecular flexibility index (Phi) is 3.54. The first-order chi connectivity index (χ1) is 8.13. The lowest BCUT2D eigenvalue weighted by Crippen LogP contribution is -2.26. The van der Waals surface area contributed by atoms with Crippen LogP contribution in [0.1, 0.15) is 24.1 Å². The molecule has 1 heterocycles. The molecular formula is C13H20N2O2. The predicted octanol–water partition coefficient (Wildman–Crippen LogP) is 1.36. The van der Waals surface area contributed by atoms with Crippen LogP contribution in [0.15, 0.2) is 12.1 Å². The first-order valence-electron chi connectivity index (χ1n) is 5.99. The summed E-state index contributed by atoms with van der Waals surface area (Å²) in [5.41, 5.74) is 14.1. The molecule has 1 aliphatic rings. The van der Waals surface area contributed by atoms with Gasteiger partial charge in [-0.25, -0.2) is 0 Å². The second-order valence-corrected chi connectivity index (χ2v) is 4.59. The molecular weight excluding hydrogens is 216 g/mol. The van der Waals surface area contributed by atoms with Crippen molar-refractivity contribution in [1.29, 1.82) is 0 Å². The lowest BCUT2D eigenvalue weighted by molar-refractivity contribution is 0.171. The van der Waals surface area contributed by atoms with Crippen LogP contribution in [0.2, 0.25) is 0 Å². The Hall–Kier alpha value is -1.26.